The van der Waals surface area contributed by atoms with E-state index < -0.39 is 29.5 Å². The lowest BCUT2D eigenvalue weighted by Gasteiger charge is -2.34. The number of nitrogens with one attached hydrogen (secondary N) is 1. The number of nitrogens with two attached hydrogens (primary N) is 1. The number of fused-ring (bicyclic) bond motifs is 2. The van der Waals surface area contributed by atoms with E-state index in [-0.39, 0.29) is 33.7 Å². The predicted octanol–water partition coefficient (Wildman–Crippen LogP) is 3.62. The molecule has 9 nitrogen and oxygen atoms in total. The monoisotopic (exact) mass is 524 g/mol. The molecule has 13 heteroatoms. The van der Waals surface area contributed by atoms with E-state index in [0.717, 1.165) is 6.07 Å². The van der Waals surface area contributed by atoms with Crippen LogP contribution in [0.4, 0.5) is 24.7 Å². The van der Waals surface area contributed by atoms with Gasteiger partial charge in [-0.2, -0.15) is 13.2 Å². The van der Waals surface area contributed by atoms with Crippen LogP contribution >= 0.6 is 11.3 Å². The first kappa shape index (κ1) is 24.4. The molecule has 36 heavy (non-hydrogen) atoms. The van der Waals surface area contributed by atoms with Crippen molar-refractivity contribution in [3.63, 3.8) is 0 Å². The van der Waals surface area contributed by atoms with Gasteiger partial charge < -0.3 is 35.6 Å². The zero-order valence-electron chi connectivity index (χ0n) is 18.8. The first-order valence-corrected chi connectivity index (χ1v) is 12.0. The number of aromatic carboxylic acids is 1. The molecule has 192 valence electrons. The highest BCUT2D eigenvalue weighted by molar-refractivity contribution is 7.21. The highest BCUT2D eigenvalue weighted by Crippen LogP contribution is 2.43. The third-order valence-electron chi connectivity index (χ3n) is 6.39. The maximum Gasteiger partial charge on any atom is 0.417 e. The van der Waals surface area contributed by atoms with Crippen molar-refractivity contribution < 1.29 is 37.7 Å². The number of hydrogen-bond donors (Lipinski definition) is 4. The van der Waals surface area contributed by atoms with Crippen LogP contribution in [0.3, 0.4) is 0 Å². The zero-order chi connectivity index (χ0) is 25.6. The van der Waals surface area contributed by atoms with Gasteiger partial charge in [-0.05, 0) is 36.6 Å². The largest absolute Gasteiger partial charge is 0.477 e. The number of alkyl halides is 3. The lowest BCUT2D eigenvalue weighted by atomic mass is 10.0. The first-order chi connectivity index (χ1) is 17.1. The number of nitrogen functional groups attached to an aromatic ring is 1. The number of benzene rings is 1. The molecule has 0 amide bonds. The number of halogens is 3. The van der Waals surface area contributed by atoms with Crippen molar-refractivity contribution >= 4 is 39.0 Å². The van der Waals surface area contributed by atoms with Crippen LogP contribution in [0, 0.1) is 0 Å². The number of aliphatic hydroxyl groups excluding tert-OH is 1. The van der Waals surface area contributed by atoms with Crippen molar-refractivity contribution in [2.24, 2.45) is 0 Å². The maximum atomic E-state index is 13.8. The highest BCUT2D eigenvalue weighted by Gasteiger charge is 2.37. The van der Waals surface area contributed by atoms with Gasteiger partial charge in [-0.15, -0.1) is 11.3 Å². The number of rotatable bonds is 6. The summed E-state index contributed by atoms with van der Waals surface area (Å²) in [6.07, 6.45) is -4.22. The number of aromatic nitrogens is 1. The number of carbonyl (C=O) groups is 1. The van der Waals surface area contributed by atoms with Crippen LogP contribution < -0.4 is 25.4 Å². The minimum Gasteiger partial charge on any atom is -0.477 e. The maximum absolute atomic E-state index is 13.8. The second-order valence-electron chi connectivity index (χ2n) is 8.65. The van der Waals surface area contributed by atoms with Gasteiger partial charge in [-0.1, -0.05) is 6.07 Å². The van der Waals surface area contributed by atoms with E-state index in [9.17, 15) is 28.2 Å². The topological polar surface area (TPSA) is 130 Å². The third-order valence-corrected chi connectivity index (χ3v) is 7.47. The smallest absolute Gasteiger partial charge is 0.417 e. The molecule has 0 bridgehead atoms. The van der Waals surface area contributed by atoms with Crippen molar-refractivity contribution in [2.45, 2.75) is 31.2 Å². The zero-order valence-corrected chi connectivity index (χ0v) is 19.7. The first-order valence-electron chi connectivity index (χ1n) is 11.2. The van der Waals surface area contributed by atoms with Crippen LogP contribution in [-0.4, -0.2) is 53.6 Å². The minimum absolute atomic E-state index is 0.0539. The number of thiophene rings is 1. The van der Waals surface area contributed by atoms with Crippen molar-refractivity contribution in [3.8, 4) is 11.5 Å². The molecule has 4 heterocycles. The molecule has 5 N–H and O–H groups in total. The summed E-state index contributed by atoms with van der Waals surface area (Å²) in [5.41, 5.74) is 5.03. The Morgan fingerprint density at radius 1 is 1.25 bits per heavy atom. The molecule has 0 radical (unpaired) electrons. The third kappa shape index (κ3) is 4.61. The van der Waals surface area contributed by atoms with E-state index >= 15 is 0 Å². The van der Waals surface area contributed by atoms with Crippen LogP contribution in [0.1, 0.15) is 39.7 Å². The molecular weight excluding hydrogens is 501 g/mol. The molecular formula is C23H23F3N4O5S. The fourth-order valence-electron chi connectivity index (χ4n) is 4.48. The van der Waals surface area contributed by atoms with Crippen LogP contribution in [0.15, 0.2) is 24.3 Å². The van der Waals surface area contributed by atoms with Gasteiger partial charge in [0.2, 0.25) is 6.79 Å². The lowest BCUT2D eigenvalue weighted by Crippen LogP contribution is -2.44. The van der Waals surface area contributed by atoms with Gasteiger partial charge in [-0.25, -0.2) is 9.78 Å². The van der Waals surface area contributed by atoms with E-state index in [0.29, 0.717) is 60.9 Å². The quantitative estimate of drug-likeness (QED) is 0.382. The molecule has 1 fully saturated rings. The highest BCUT2D eigenvalue weighted by atomic mass is 32.1. The summed E-state index contributed by atoms with van der Waals surface area (Å²) in [5.74, 6) is -0.0337. The fourth-order valence-corrected chi connectivity index (χ4v) is 5.44. The molecule has 1 unspecified atom stereocenters. The normalized spacial score (nSPS) is 17.1. The van der Waals surface area contributed by atoms with Crippen molar-refractivity contribution in [1.29, 1.82) is 0 Å². The number of pyridine rings is 1. The predicted molar refractivity (Wildman–Crippen MR) is 127 cm³/mol. The van der Waals surface area contributed by atoms with E-state index in [1.807, 2.05) is 0 Å². The van der Waals surface area contributed by atoms with Gasteiger partial charge in [0, 0.05) is 31.1 Å². The lowest BCUT2D eigenvalue weighted by molar-refractivity contribution is -0.136. The summed E-state index contributed by atoms with van der Waals surface area (Å²) in [6.45, 7) is 1.35. The number of carboxylic acid groups (broad SMARTS) is 1. The molecule has 2 aliphatic rings. The average molecular weight is 525 g/mol. The molecule has 0 aliphatic carbocycles. The van der Waals surface area contributed by atoms with E-state index in [4.69, 9.17) is 15.2 Å². The average Bonchev–Trinajstić information content (AvgIpc) is 3.45. The van der Waals surface area contributed by atoms with E-state index in [1.165, 1.54) is 0 Å². The summed E-state index contributed by atoms with van der Waals surface area (Å²) in [6, 6.07) is 6.26. The number of anilines is 2. The molecule has 1 saturated heterocycles. The van der Waals surface area contributed by atoms with Gasteiger partial charge in [0.15, 0.2) is 11.5 Å². The van der Waals surface area contributed by atoms with Gasteiger partial charge >= 0.3 is 12.1 Å². The molecule has 5 rings (SSSR count). The molecule has 2 aromatic heterocycles. The second-order valence-corrected chi connectivity index (χ2v) is 9.65. The molecule has 0 spiro atoms. The Kier molecular flexibility index (Phi) is 6.30. The number of ether oxygens (including phenoxy) is 2. The second kappa shape index (κ2) is 9.30. The van der Waals surface area contributed by atoms with Crippen LogP contribution in [0.25, 0.3) is 10.2 Å². The number of piperidine rings is 1. The van der Waals surface area contributed by atoms with E-state index in [1.54, 1.807) is 23.1 Å². The molecule has 1 aromatic carbocycles. The number of aliphatic hydroxyl groups is 1. The Hall–Kier alpha value is -3.29. The Balaban J connectivity index is 1.26. The summed E-state index contributed by atoms with van der Waals surface area (Å²) in [7, 11) is 0. The molecule has 3 aromatic rings. The Labute approximate surface area is 207 Å². The van der Waals surface area contributed by atoms with E-state index in [2.05, 4.69) is 10.3 Å². The Morgan fingerprint density at radius 3 is 2.67 bits per heavy atom. The Morgan fingerprint density at radius 2 is 1.97 bits per heavy atom. The fraction of sp³-hybridized carbons (Fsp3) is 0.391. The van der Waals surface area contributed by atoms with Crippen molar-refractivity contribution in [2.75, 3.05) is 37.1 Å². The summed E-state index contributed by atoms with van der Waals surface area (Å²) in [5, 5.41) is 22.8. The number of hydrogen-bond acceptors (Lipinski definition) is 9. The Bertz CT molecular complexity index is 1310. The van der Waals surface area contributed by atoms with Crippen LogP contribution in [0.2, 0.25) is 0 Å². The molecule has 1 atom stereocenters. The van der Waals surface area contributed by atoms with Crippen LogP contribution in [-0.2, 0) is 6.18 Å². The minimum atomic E-state index is -4.72. The number of carboxylic acids is 1. The summed E-state index contributed by atoms with van der Waals surface area (Å²) >= 11 is 0.638. The molecule has 0 saturated carbocycles. The van der Waals surface area contributed by atoms with Gasteiger partial charge in [0.1, 0.15) is 15.5 Å². The number of nitrogens with zero attached hydrogens (tertiary/aromatic N) is 2. The summed E-state index contributed by atoms with van der Waals surface area (Å²) in [4.78, 5) is 17.1. The van der Waals surface area contributed by atoms with Gasteiger partial charge in [0.25, 0.3) is 0 Å². The standard InChI is InChI=1S/C23H23F3N4O5S/c24-23(25,26)13-8-17(29-21-18(13)19(27)20(36-21)22(32)33)30-5-3-12(4-6-30)28-9-14(31)11-1-2-15-16(7-11)35-10-34-15/h1-2,7-8,12,14,28,31H,3-6,9-10,27H2,(H,32,33). The van der Waals surface area contributed by atoms with Crippen LogP contribution in [0.5, 0.6) is 11.5 Å². The van der Waals surface area contributed by atoms with Crippen molar-refractivity contribution in [3.05, 3.63) is 40.3 Å². The van der Waals surface area contributed by atoms with Gasteiger partial charge in [0.05, 0.1) is 17.4 Å². The van der Waals surface area contributed by atoms with Crippen molar-refractivity contribution in [1.82, 2.24) is 10.3 Å². The SMILES string of the molecule is Nc1c(C(=O)O)sc2nc(N3CCC(NCC(O)c4ccc5c(c4)OCO5)CC3)cc(C(F)(F)F)c12. The van der Waals surface area contributed by atoms with Gasteiger partial charge in [-0.3, -0.25) is 0 Å². The summed E-state index contributed by atoms with van der Waals surface area (Å²) < 4.78 is 52.1. The molecule has 2 aliphatic heterocycles.